The summed E-state index contributed by atoms with van der Waals surface area (Å²) in [7, 11) is -3.01. The molecule has 9 nitrogen and oxygen atoms in total. The summed E-state index contributed by atoms with van der Waals surface area (Å²) in [5, 5.41) is 12.8. The van der Waals surface area contributed by atoms with Crippen molar-refractivity contribution in [1.82, 2.24) is 10.2 Å². The summed E-state index contributed by atoms with van der Waals surface area (Å²) >= 11 is 0. The third kappa shape index (κ3) is 12.6. The smallest absolute Gasteiger partial charge is 0.391 e. The Hall–Kier alpha value is -0.990. The van der Waals surface area contributed by atoms with Gasteiger partial charge in [0.05, 0.1) is 18.8 Å². The van der Waals surface area contributed by atoms with Crippen molar-refractivity contribution in [3.8, 4) is 0 Å². The van der Waals surface area contributed by atoms with Crippen LogP contribution in [0.2, 0.25) is 0 Å². The first kappa shape index (κ1) is 28.0. The fraction of sp³-hybridized carbons (Fsp3) is 0.905. The summed E-state index contributed by atoms with van der Waals surface area (Å²) in [6, 6.07) is -0.218. The van der Waals surface area contributed by atoms with Crippen molar-refractivity contribution in [3.05, 3.63) is 0 Å². The van der Waals surface area contributed by atoms with Crippen molar-refractivity contribution in [2.45, 2.75) is 103 Å². The number of carbonyl (C=O) groups is 2. The van der Waals surface area contributed by atoms with Gasteiger partial charge >= 0.3 is 7.82 Å². The average molecular weight is 465 g/mol. The Bertz CT molecular complexity index is 588. The Morgan fingerprint density at radius 2 is 1.61 bits per heavy atom. The zero-order valence-corrected chi connectivity index (χ0v) is 20.1. The largest absolute Gasteiger partial charge is 0.471 e. The number of rotatable bonds is 16. The summed E-state index contributed by atoms with van der Waals surface area (Å²) in [6.07, 6.45) is 8.87. The third-order valence-electron chi connectivity index (χ3n) is 5.37. The van der Waals surface area contributed by atoms with Gasteiger partial charge in [-0.1, -0.05) is 38.5 Å². The minimum atomic E-state index is -4.10. The number of nitrogens with zero attached hydrogens (tertiary/aromatic N) is 1. The molecular formula is C21H41N2O7P. The van der Waals surface area contributed by atoms with E-state index in [1.54, 1.807) is 4.90 Å². The molecule has 182 valence electrons. The molecular weight excluding hydrogens is 423 g/mol. The molecule has 1 aliphatic rings. The Morgan fingerprint density at radius 3 is 2.16 bits per heavy atom. The summed E-state index contributed by atoms with van der Waals surface area (Å²) in [5.74, 6) is 0.0677. The van der Waals surface area contributed by atoms with Crippen molar-refractivity contribution in [2.75, 3.05) is 20.3 Å². The second-order valence-corrected chi connectivity index (χ2v) is 10.1. The lowest BCUT2D eigenvalue weighted by molar-refractivity contribution is -0.133. The molecule has 0 saturated carbocycles. The number of aliphatic hydroxyl groups is 1. The number of hydrogen-bond acceptors (Lipinski definition) is 6. The SMILES string of the molecule is COP(=O)(O)OC[C@@H]1C[C@@H](O)CN1C(=O)CCCCCCCCCCC(=O)NC(C)C. The zero-order valence-electron chi connectivity index (χ0n) is 19.3. The van der Waals surface area contributed by atoms with Gasteiger partial charge in [-0.25, -0.2) is 4.57 Å². The van der Waals surface area contributed by atoms with Gasteiger partial charge in [-0.05, 0) is 33.1 Å². The molecule has 1 fully saturated rings. The second kappa shape index (κ2) is 15.0. The lowest BCUT2D eigenvalue weighted by Crippen LogP contribution is -2.38. The molecule has 1 heterocycles. The number of phosphoric acid groups is 1. The number of β-amino-alcohol motifs (C(OH)–C–C–N with tert-alkyl or cyclic N) is 1. The molecule has 0 aromatic heterocycles. The van der Waals surface area contributed by atoms with Crippen LogP contribution in [-0.4, -0.2) is 65.2 Å². The van der Waals surface area contributed by atoms with Crippen LogP contribution in [0.15, 0.2) is 0 Å². The standard InChI is InChI=1S/C21H41N2O7P/c1-17(2)22-20(25)12-10-8-6-4-5-7-9-11-13-21(26)23-15-19(24)14-18(23)16-30-31(27,28)29-3/h17-19,24H,4-16H2,1-3H3,(H,22,25)(H,27,28)/t18-,19+/m0/s1. The van der Waals surface area contributed by atoms with E-state index < -0.39 is 20.0 Å². The monoisotopic (exact) mass is 464 g/mol. The minimum absolute atomic E-state index is 0.0602. The highest BCUT2D eigenvalue weighted by atomic mass is 31.2. The molecule has 3 N–H and O–H groups in total. The van der Waals surface area contributed by atoms with E-state index in [2.05, 4.69) is 9.84 Å². The first-order chi connectivity index (χ1) is 14.6. The van der Waals surface area contributed by atoms with Gasteiger partial charge in [-0.2, -0.15) is 0 Å². The minimum Gasteiger partial charge on any atom is -0.391 e. The number of carbonyl (C=O) groups excluding carboxylic acids is 2. The molecule has 3 atom stereocenters. The molecule has 0 aliphatic carbocycles. The fourth-order valence-electron chi connectivity index (χ4n) is 3.75. The van der Waals surface area contributed by atoms with Crippen LogP contribution >= 0.6 is 7.82 Å². The van der Waals surface area contributed by atoms with E-state index in [-0.39, 0.29) is 31.0 Å². The van der Waals surface area contributed by atoms with Crippen LogP contribution in [0.5, 0.6) is 0 Å². The predicted octanol–water partition coefficient (Wildman–Crippen LogP) is 3.14. The topological polar surface area (TPSA) is 125 Å². The van der Waals surface area contributed by atoms with Gasteiger partial charge in [0, 0.05) is 32.5 Å². The van der Waals surface area contributed by atoms with Gasteiger partial charge in [-0.3, -0.25) is 18.6 Å². The van der Waals surface area contributed by atoms with Crippen LogP contribution in [0.3, 0.4) is 0 Å². The molecule has 0 radical (unpaired) electrons. The highest BCUT2D eigenvalue weighted by molar-refractivity contribution is 7.47. The Morgan fingerprint density at radius 1 is 1.06 bits per heavy atom. The maximum Gasteiger partial charge on any atom is 0.471 e. The number of unbranched alkanes of at least 4 members (excludes halogenated alkanes) is 7. The van der Waals surface area contributed by atoms with Crippen LogP contribution in [0, 0.1) is 0 Å². The normalized spacial score (nSPS) is 20.8. The molecule has 1 rings (SSSR count). The Kier molecular flexibility index (Phi) is 13.5. The molecule has 10 heteroatoms. The van der Waals surface area contributed by atoms with E-state index >= 15 is 0 Å². The molecule has 1 unspecified atom stereocenters. The number of likely N-dealkylation sites (tertiary alicyclic amines) is 1. The average Bonchev–Trinajstić information content (AvgIpc) is 3.08. The van der Waals surface area contributed by atoms with Crippen LogP contribution in [-0.2, 0) is 23.2 Å². The predicted molar refractivity (Wildman–Crippen MR) is 118 cm³/mol. The van der Waals surface area contributed by atoms with E-state index in [4.69, 9.17) is 4.52 Å². The highest BCUT2D eigenvalue weighted by Crippen LogP contribution is 2.42. The summed E-state index contributed by atoms with van der Waals surface area (Å²) in [4.78, 5) is 34.9. The zero-order chi connectivity index (χ0) is 23.3. The highest BCUT2D eigenvalue weighted by Gasteiger charge is 2.35. The van der Waals surface area contributed by atoms with Gasteiger partial charge in [0.1, 0.15) is 0 Å². The maximum absolute atomic E-state index is 12.5. The fourth-order valence-corrected chi connectivity index (χ4v) is 4.21. The van der Waals surface area contributed by atoms with Crippen LogP contribution in [0.25, 0.3) is 0 Å². The molecule has 31 heavy (non-hydrogen) atoms. The summed E-state index contributed by atoms with van der Waals surface area (Å²) < 4.78 is 20.7. The van der Waals surface area contributed by atoms with Crippen molar-refractivity contribution in [1.29, 1.82) is 0 Å². The van der Waals surface area contributed by atoms with Gasteiger partial charge in [-0.15, -0.1) is 0 Å². The third-order valence-corrected chi connectivity index (χ3v) is 6.30. The second-order valence-electron chi connectivity index (χ2n) is 8.59. The van der Waals surface area contributed by atoms with E-state index in [1.165, 1.54) is 0 Å². The van der Waals surface area contributed by atoms with E-state index in [9.17, 15) is 24.2 Å². The number of phosphoric ester groups is 1. The van der Waals surface area contributed by atoms with Crippen molar-refractivity contribution in [3.63, 3.8) is 0 Å². The Labute approximate surface area is 186 Å². The van der Waals surface area contributed by atoms with Gasteiger partial charge < -0.3 is 20.2 Å². The first-order valence-corrected chi connectivity index (χ1v) is 12.9. The molecule has 0 spiro atoms. The molecule has 0 bridgehead atoms. The lowest BCUT2D eigenvalue weighted by atomic mass is 10.1. The molecule has 0 aromatic rings. The summed E-state index contributed by atoms with van der Waals surface area (Å²) in [5.41, 5.74) is 0. The van der Waals surface area contributed by atoms with Crippen molar-refractivity contribution in [2.24, 2.45) is 0 Å². The van der Waals surface area contributed by atoms with Crippen molar-refractivity contribution >= 4 is 19.6 Å². The van der Waals surface area contributed by atoms with Gasteiger partial charge in [0.25, 0.3) is 0 Å². The van der Waals surface area contributed by atoms with E-state index in [1.807, 2.05) is 13.8 Å². The molecule has 1 aliphatic heterocycles. The van der Waals surface area contributed by atoms with E-state index in [0.717, 1.165) is 58.5 Å². The number of aliphatic hydroxyl groups excluding tert-OH is 1. The molecule has 0 aromatic carbocycles. The molecule has 1 saturated heterocycles. The number of nitrogens with one attached hydrogen (secondary N) is 1. The molecule has 2 amide bonds. The quantitative estimate of drug-likeness (QED) is 0.237. The van der Waals surface area contributed by atoms with Crippen molar-refractivity contribution < 1.29 is 33.2 Å². The van der Waals surface area contributed by atoms with Crippen LogP contribution in [0.1, 0.15) is 84.5 Å². The first-order valence-electron chi connectivity index (χ1n) is 11.4. The van der Waals surface area contributed by atoms with Gasteiger partial charge in [0.2, 0.25) is 11.8 Å². The number of hydrogen-bond donors (Lipinski definition) is 3. The van der Waals surface area contributed by atoms with Crippen LogP contribution in [0.4, 0.5) is 0 Å². The Balaban J connectivity index is 2.10. The summed E-state index contributed by atoms with van der Waals surface area (Å²) in [6.45, 7) is 4.02. The lowest BCUT2D eigenvalue weighted by Gasteiger charge is -2.24. The van der Waals surface area contributed by atoms with E-state index in [0.29, 0.717) is 19.3 Å². The maximum atomic E-state index is 12.5. The van der Waals surface area contributed by atoms with Crippen LogP contribution < -0.4 is 5.32 Å². The van der Waals surface area contributed by atoms with Gasteiger partial charge in [0.15, 0.2) is 0 Å². The number of amides is 2.